The van der Waals surface area contributed by atoms with Crippen molar-refractivity contribution in [3.8, 4) is 0 Å². The van der Waals surface area contributed by atoms with Gasteiger partial charge in [0.1, 0.15) is 0 Å². The first-order valence-corrected chi connectivity index (χ1v) is 7.78. The molecule has 1 N–H and O–H groups in total. The van der Waals surface area contributed by atoms with Crippen molar-refractivity contribution < 1.29 is 0 Å². The van der Waals surface area contributed by atoms with Gasteiger partial charge in [0.2, 0.25) is 0 Å². The first-order chi connectivity index (χ1) is 8.05. The molecule has 2 aliphatic rings. The Bertz CT molecular complexity index is 228. The zero-order valence-corrected chi connectivity index (χ0v) is 12.1. The van der Waals surface area contributed by atoms with Crippen molar-refractivity contribution in [2.75, 3.05) is 6.54 Å². The molecule has 0 aromatic heterocycles. The van der Waals surface area contributed by atoms with Gasteiger partial charge in [-0.05, 0) is 49.5 Å². The van der Waals surface area contributed by atoms with Crippen LogP contribution in [0.15, 0.2) is 0 Å². The van der Waals surface area contributed by atoms with E-state index >= 15 is 0 Å². The van der Waals surface area contributed by atoms with Crippen molar-refractivity contribution in [3.63, 3.8) is 0 Å². The lowest BCUT2D eigenvalue weighted by molar-refractivity contribution is 0.150. The predicted molar refractivity (Wildman–Crippen MR) is 75.2 cm³/mol. The fourth-order valence-electron chi connectivity index (χ4n) is 4.29. The summed E-state index contributed by atoms with van der Waals surface area (Å²) in [6.07, 6.45) is 11.6. The molecule has 0 aromatic rings. The van der Waals surface area contributed by atoms with Crippen LogP contribution in [0, 0.1) is 17.3 Å². The number of hydrogen-bond donors (Lipinski definition) is 1. The Morgan fingerprint density at radius 2 is 1.82 bits per heavy atom. The quantitative estimate of drug-likeness (QED) is 0.765. The zero-order valence-electron chi connectivity index (χ0n) is 12.1. The fourth-order valence-corrected chi connectivity index (χ4v) is 4.29. The fraction of sp³-hybridized carbons (Fsp3) is 1.00. The minimum Gasteiger partial charge on any atom is -0.314 e. The van der Waals surface area contributed by atoms with Crippen molar-refractivity contribution in [2.45, 2.75) is 78.2 Å². The van der Waals surface area contributed by atoms with Gasteiger partial charge in [-0.15, -0.1) is 0 Å². The molecule has 100 valence electrons. The van der Waals surface area contributed by atoms with E-state index < -0.39 is 0 Å². The molecule has 2 saturated carbocycles. The van der Waals surface area contributed by atoms with Crippen LogP contribution in [0.3, 0.4) is 0 Å². The molecule has 2 fully saturated rings. The minimum absolute atomic E-state index is 0.558. The molecule has 2 unspecified atom stereocenters. The van der Waals surface area contributed by atoms with Gasteiger partial charge in [-0.25, -0.2) is 0 Å². The summed E-state index contributed by atoms with van der Waals surface area (Å²) in [5.41, 5.74) is 0.558. The summed E-state index contributed by atoms with van der Waals surface area (Å²) in [7, 11) is 0. The predicted octanol–water partition coefficient (Wildman–Crippen LogP) is 4.37. The van der Waals surface area contributed by atoms with E-state index in [4.69, 9.17) is 0 Å². The Balaban J connectivity index is 1.67. The first-order valence-electron chi connectivity index (χ1n) is 7.78. The van der Waals surface area contributed by atoms with Crippen molar-refractivity contribution in [1.29, 1.82) is 0 Å². The Morgan fingerprint density at radius 1 is 1.12 bits per heavy atom. The van der Waals surface area contributed by atoms with Crippen molar-refractivity contribution in [2.24, 2.45) is 17.3 Å². The molecule has 2 aliphatic carbocycles. The van der Waals surface area contributed by atoms with Crippen LogP contribution in [-0.4, -0.2) is 12.6 Å². The second kappa shape index (κ2) is 5.73. The van der Waals surface area contributed by atoms with E-state index in [0.29, 0.717) is 5.41 Å². The monoisotopic (exact) mass is 237 g/mol. The normalized spacial score (nSPS) is 34.1. The van der Waals surface area contributed by atoms with Crippen LogP contribution >= 0.6 is 0 Å². The molecule has 2 rings (SSSR count). The van der Waals surface area contributed by atoms with E-state index in [1.54, 1.807) is 0 Å². The Labute approximate surface area is 108 Å². The van der Waals surface area contributed by atoms with E-state index in [0.717, 1.165) is 17.9 Å². The third-order valence-corrected chi connectivity index (χ3v) is 4.85. The number of nitrogens with one attached hydrogen (secondary N) is 1. The van der Waals surface area contributed by atoms with Gasteiger partial charge in [0, 0.05) is 6.04 Å². The van der Waals surface area contributed by atoms with E-state index in [9.17, 15) is 0 Å². The van der Waals surface area contributed by atoms with Crippen LogP contribution in [0.25, 0.3) is 0 Å². The molecule has 0 saturated heterocycles. The zero-order chi connectivity index (χ0) is 12.3. The highest BCUT2D eigenvalue weighted by atomic mass is 14.9. The van der Waals surface area contributed by atoms with Gasteiger partial charge in [-0.2, -0.15) is 0 Å². The summed E-state index contributed by atoms with van der Waals surface area (Å²) >= 11 is 0. The summed E-state index contributed by atoms with van der Waals surface area (Å²) in [6, 6.07) is 0.787. The summed E-state index contributed by atoms with van der Waals surface area (Å²) in [5.74, 6) is 1.94. The second-order valence-electron chi connectivity index (χ2n) is 7.50. The SMILES string of the molecule is CC1CC(NCCC2CCCC2)CC(C)(C)C1. The highest BCUT2D eigenvalue weighted by Crippen LogP contribution is 2.38. The molecule has 17 heavy (non-hydrogen) atoms. The Morgan fingerprint density at radius 3 is 2.47 bits per heavy atom. The van der Waals surface area contributed by atoms with Crippen molar-refractivity contribution >= 4 is 0 Å². The van der Waals surface area contributed by atoms with Crippen LogP contribution in [0.5, 0.6) is 0 Å². The van der Waals surface area contributed by atoms with Crippen LogP contribution in [-0.2, 0) is 0 Å². The molecule has 0 spiro atoms. The summed E-state index contributed by atoms with van der Waals surface area (Å²) in [5, 5.41) is 3.83. The molecule has 0 bridgehead atoms. The average molecular weight is 237 g/mol. The standard InChI is InChI=1S/C16H31N/c1-13-10-15(12-16(2,3)11-13)17-9-8-14-6-4-5-7-14/h13-15,17H,4-12H2,1-3H3. The molecule has 1 nitrogen and oxygen atoms in total. The lowest BCUT2D eigenvalue weighted by Crippen LogP contribution is -2.40. The van der Waals surface area contributed by atoms with E-state index in [-0.39, 0.29) is 0 Å². The number of hydrogen-bond acceptors (Lipinski definition) is 1. The molecule has 0 aromatic carbocycles. The maximum atomic E-state index is 3.83. The largest absolute Gasteiger partial charge is 0.314 e. The average Bonchev–Trinajstić information content (AvgIpc) is 2.67. The minimum atomic E-state index is 0.558. The van der Waals surface area contributed by atoms with Crippen LogP contribution < -0.4 is 5.32 Å². The molecule has 1 heteroatoms. The van der Waals surface area contributed by atoms with E-state index in [2.05, 4.69) is 26.1 Å². The molecule has 2 atom stereocenters. The smallest absolute Gasteiger partial charge is 0.00746 e. The van der Waals surface area contributed by atoms with Gasteiger partial charge < -0.3 is 5.32 Å². The first kappa shape index (κ1) is 13.4. The summed E-state index contributed by atoms with van der Waals surface area (Å²) in [6.45, 7) is 8.56. The molecule has 0 amide bonds. The third-order valence-electron chi connectivity index (χ3n) is 4.85. The maximum Gasteiger partial charge on any atom is 0.00746 e. The van der Waals surface area contributed by atoms with Gasteiger partial charge in [0.05, 0.1) is 0 Å². The van der Waals surface area contributed by atoms with Crippen LogP contribution in [0.1, 0.15) is 72.1 Å². The number of rotatable bonds is 4. The van der Waals surface area contributed by atoms with Crippen LogP contribution in [0.2, 0.25) is 0 Å². The highest BCUT2D eigenvalue weighted by molar-refractivity contribution is 4.86. The Kier molecular flexibility index (Phi) is 4.52. The van der Waals surface area contributed by atoms with Gasteiger partial charge in [0.15, 0.2) is 0 Å². The lowest BCUT2D eigenvalue weighted by Gasteiger charge is -2.39. The van der Waals surface area contributed by atoms with Gasteiger partial charge in [-0.1, -0.05) is 46.5 Å². The Hall–Kier alpha value is -0.0400. The third kappa shape index (κ3) is 4.28. The molecular weight excluding hydrogens is 206 g/mol. The van der Waals surface area contributed by atoms with E-state index in [1.807, 2.05) is 0 Å². The van der Waals surface area contributed by atoms with Gasteiger partial charge >= 0.3 is 0 Å². The van der Waals surface area contributed by atoms with E-state index in [1.165, 1.54) is 57.9 Å². The van der Waals surface area contributed by atoms with Crippen molar-refractivity contribution in [1.82, 2.24) is 5.32 Å². The topological polar surface area (TPSA) is 12.0 Å². The highest BCUT2D eigenvalue weighted by Gasteiger charge is 2.31. The van der Waals surface area contributed by atoms with Crippen LogP contribution in [0.4, 0.5) is 0 Å². The summed E-state index contributed by atoms with van der Waals surface area (Å²) in [4.78, 5) is 0. The van der Waals surface area contributed by atoms with Crippen molar-refractivity contribution in [3.05, 3.63) is 0 Å². The lowest BCUT2D eigenvalue weighted by atomic mass is 9.70. The molecular formula is C16H31N. The molecule has 0 radical (unpaired) electrons. The second-order valence-corrected chi connectivity index (χ2v) is 7.50. The molecule has 0 aliphatic heterocycles. The maximum absolute atomic E-state index is 3.83. The van der Waals surface area contributed by atoms with Gasteiger partial charge in [0.25, 0.3) is 0 Å². The summed E-state index contributed by atoms with van der Waals surface area (Å²) < 4.78 is 0. The van der Waals surface area contributed by atoms with Gasteiger partial charge in [-0.3, -0.25) is 0 Å². The molecule has 0 heterocycles.